The smallest absolute Gasteiger partial charge is 0.209 e. The Bertz CT molecular complexity index is 923. The molecule has 1 unspecified atom stereocenters. The van der Waals surface area contributed by atoms with Gasteiger partial charge in [0.15, 0.2) is 3.95 Å². The molecule has 8 heteroatoms. The van der Waals surface area contributed by atoms with Crippen molar-refractivity contribution in [2.45, 2.75) is 25.6 Å². The Morgan fingerprint density at radius 2 is 2.12 bits per heavy atom. The molecule has 1 atom stereocenters. The Balaban J connectivity index is 1.49. The number of halogens is 1. The van der Waals surface area contributed by atoms with Gasteiger partial charge in [-0.15, -0.1) is 5.10 Å². The summed E-state index contributed by atoms with van der Waals surface area (Å²) in [6.07, 6.45) is 6.00. The number of hydrogen-bond acceptors (Lipinski definition) is 6. The van der Waals surface area contributed by atoms with E-state index in [1.165, 1.54) is 29.0 Å². The van der Waals surface area contributed by atoms with Crippen molar-refractivity contribution in [1.82, 2.24) is 19.7 Å². The second-order valence-corrected chi connectivity index (χ2v) is 7.83. The molecule has 5 nitrogen and oxygen atoms in total. The summed E-state index contributed by atoms with van der Waals surface area (Å²) in [6.45, 7) is 1.67. The summed E-state index contributed by atoms with van der Waals surface area (Å²) < 4.78 is 15.6. The maximum atomic E-state index is 13.0. The van der Waals surface area contributed by atoms with Gasteiger partial charge in [0.05, 0.1) is 6.67 Å². The number of hydrogen-bond donors (Lipinski definition) is 1. The molecule has 1 aliphatic heterocycles. The molecule has 4 rings (SSSR count). The fourth-order valence-corrected chi connectivity index (χ4v) is 4.23. The monoisotopic (exact) mass is 387 g/mol. The molecule has 1 fully saturated rings. The van der Waals surface area contributed by atoms with E-state index >= 15 is 0 Å². The van der Waals surface area contributed by atoms with Crippen molar-refractivity contribution in [2.75, 3.05) is 11.9 Å². The normalized spacial score (nSPS) is 17.5. The molecule has 134 valence electrons. The summed E-state index contributed by atoms with van der Waals surface area (Å²) in [6, 6.07) is 10.7. The highest BCUT2D eigenvalue weighted by atomic mass is 32.1. The predicted molar refractivity (Wildman–Crippen MR) is 104 cm³/mol. The quantitative estimate of drug-likeness (QED) is 0.641. The molecule has 0 saturated carbocycles. The van der Waals surface area contributed by atoms with Crippen LogP contribution in [0, 0.1) is 9.77 Å². The first-order chi connectivity index (χ1) is 12.7. The third-order valence-electron chi connectivity index (χ3n) is 4.45. The summed E-state index contributed by atoms with van der Waals surface area (Å²) in [4.78, 5) is 6.62. The lowest BCUT2D eigenvalue weighted by molar-refractivity contribution is 0.191. The molecule has 1 aromatic carbocycles. The van der Waals surface area contributed by atoms with Crippen molar-refractivity contribution in [3.8, 4) is 0 Å². The molecule has 0 aliphatic carbocycles. The minimum Gasteiger partial charge on any atom is -0.330 e. The van der Waals surface area contributed by atoms with Gasteiger partial charge in [-0.25, -0.2) is 9.07 Å². The van der Waals surface area contributed by atoms with Gasteiger partial charge in [-0.05, 0) is 61.0 Å². The Morgan fingerprint density at radius 3 is 2.88 bits per heavy atom. The molecule has 3 heterocycles. The Labute approximate surface area is 160 Å². The van der Waals surface area contributed by atoms with Gasteiger partial charge < -0.3 is 5.32 Å². The fourth-order valence-electron chi connectivity index (χ4n) is 3.22. The lowest BCUT2D eigenvalue weighted by Gasteiger charge is -2.24. The van der Waals surface area contributed by atoms with Crippen LogP contribution in [0.25, 0.3) is 0 Å². The van der Waals surface area contributed by atoms with E-state index in [0.717, 1.165) is 25.1 Å². The van der Waals surface area contributed by atoms with Gasteiger partial charge in [0.25, 0.3) is 0 Å². The van der Waals surface area contributed by atoms with Gasteiger partial charge in [-0.3, -0.25) is 9.88 Å². The molecule has 0 spiro atoms. The number of nitrogens with one attached hydrogen (secondary N) is 1. The number of nitrogens with zero attached hydrogens (tertiary/aromatic N) is 4. The van der Waals surface area contributed by atoms with Crippen molar-refractivity contribution < 1.29 is 4.39 Å². The van der Waals surface area contributed by atoms with E-state index in [9.17, 15) is 4.39 Å². The average Bonchev–Trinajstić information content (AvgIpc) is 3.25. The molecular formula is C18H18FN5S2. The zero-order chi connectivity index (χ0) is 17.9. The highest BCUT2D eigenvalue weighted by Crippen LogP contribution is 2.32. The molecule has 26 heavy (non-hydrogen) atoms. The zero-order valence-corrected chi connectivity index (χ0v) is 15.6. The molecule has 0 radical (unpaired) electrons. The van der Waals surface area contributed by atoms with Crippen LogP contribution in [0.15, 0.2) is 48.8 Å². The standard InChI is InChI=1S/C18H18FN5S2/c19-14-5-7-15(8-6-14)21-17-22-24(18(25)26-17)12-23-10-2-4-16(23)13-3-1-9-20-11-13/h1,3,5-9,11,16H,2,4,10,12H2,(H,21,22). The van der Waals surface area contributed by atoms with Gasteiger partial charge in [0, 0.05) is 30.7 Å². The first-order valence-corrected chi connectivity index (χ1v) is 9.66. The van der Waals surface area contributed by atoms with Crippen molar-refractivity contribution in [3.05, 3.63) is 64.1 Å². The minimum absolute atomic E-state index is 0.260. The van der Waals surface area contributed by atoms with Crippen molar-refractivity contribution in [3.63, 3.8) is 0 Å². The highest BCUT2D eigenvalue weighted by Gasteiger charge is 2.26. The first-order valence-electron chi connectivity index (χ1n) is 8.43. The van der Waals surface area contributed by atoms with Gasteiger partial charge in [-0.1, -0.05) is 17.4 Å². The molecule has 0 bridgehead atoms. The molecule has 1 saturated heterocycles. The van der Waals surface area contributed by atoms with Crippen molar-refractivity contribution in [2.24, 2.45) is 0 Å². The number of aromatic nitrogens is 3. The lowest BCUT2D eigenvalue weighted by Crippen LogP contribution is -2.26. The molecule has 1 N–H and O–H groups in total. The van der Waals surface area contributed by atoms with Crippen LogP contribution in [0.4, 0.5) is 15.2 Å². The van der Waals surface area contributed by atoms with Crippen LogP contribution < -0.4 is 5.32 Å². The second kappa shape index (κ2) is 7.61. The van der Waals surface area contributed by atoms with Crippen LogP contribution in [0.1, 0.15) is 24.4 Å². The number of benzene rings is 1. The van der Waals surface area contributed by atoms with E-state index in [2.05, 4.69) is 26.4 Å². The fraction of sp³-hybridized carbons (Fsp3) is 0.278. The van der Waals surface area contributed by atoms with Crippen molar-refractivity contribution >= 4 is 34.4 Å². The zero-order valence-electron chi connectivity index (χ0n) is 14.0. The summed E-state index contributed by atoms with van der Waals surface area (Å²) >= 11 is 6.90. The summed E-state index contributed by atoms with van der Waals surface area (Å²) in [5, 5.41) is 8.48. The van der Waals surface area contributed by atoms with Crippen molar-refractivity contribution in [1.29, 1.82) is 0 Å². The van der Waals surface area contributed by atoms with Gasteiger partial charge in [-0.2, -0.15) is 0 Å². The van der Waals surface area contributed by atoms with Crippen LogP contribution >= 0.6 is 23.6 Å². The van der Waals surface area contributed by atoms with Gasteiger partial charge in [0.1, 0.15) is 5.82 Å². The third kappa shape index (κ3) is 3.82. The van der Waals surface area contributed by atoms with Gasteiger partial charge >= 0.3 is 0 Å². The van der Waals surface area contributed by atoms with Crippen LogP contribution in [0.2, 0.25) is 0 Å². The van der Waals surface area contributed by atoms with E-state index in [1.54, 1.807) is 18.3 Å². The number of anilines is 2. The number of rotatable bonds is 5. The summed E-state index contributed by atoms with van der Waals surface area (Å²) in [5.41, 5.74) is 2.02. The largest absolute Gasteiger partial charge is 0.330 e. The lowest BCUT2D eigenvalue weighted by atomic mass is 10.1. The topological polar surface area (TPSA) is 46.0 Å². The molecule has 1 aliphatic rings. The van der Waals surface area contributed by atoms with Crippen LogP contribution in [-0.4, -0.2) is 26.2 Å². The predicted octanol–water partition coefficient (Wildman–Crippen LogP) is 4.75. The molecule has 3 aromatic rings. The van der Waals surface area contributed by atoms with Gasteiger partial charge in [0.2, 0.25) is 5.13 Å². The number of likely N-dealkylation sites (tertiary alicyclic amines) is 1. The van der Waals surface area contributed by atoms with Crippen LogP contribution in [0.3, 0.4) is 0 Å². The third-order valence-corrected chi connectivity index (χ3v) is 5.67. The average molecular weight is 388 g/mol. The molecule has 0 amide bonds. The summed E-state index contributed by atoms with van der Waals surface area (Å²) in [7, 11) is 0. The molecular weight excluding hydrogens is 369 g/mol. The Hall–Kier alpha value is -2.16. The highest BCUT2D eigenvalue weighted by molar-refractivity contribution is 7.73. The first kappa shape index (κ1) is 17.3. The van der Waals surface area contributed by atoms with E-state index in [1.807, 2.05) is 16.9 Å². The SMILES string of the molecule is Fc1ccc(Nc2nn(CN3CCCC3c3cccnc3)c(=S)s2)cc1. The van der Waals surface area contributed by atoms with E-state index < -0.39 is 0 Å². The maximum Gasteiger partial charge on any atom is 0.209 e. The minimum atomic E-state index is -0.260. The van der Waals surface area contributed by atoms with E-state index in [4.69, 9.17) is 12.2 Å². The maximum absolute atomic E-state index is 13.0. The Kier molecular flexibility index (Phi) is 5.05. The molecule has 2 aromatic heterocycles. The Morgan fingerprint density at radius 1 is 1.27 bits per heavy atom. The van der Waals surface area contributed by atoms with E-state index in [0.29, 0.717) is 21.8 Å². The summed E-state index contributed by atoms with van der Waals surface area (Å²) in [5.74, 6) is -0.260. The second-order valence-electron chi connectivity index (χ2n) is 6.20. The van der Waals surface area contributed by atoms with E-state index in [-0.39, 0.29) is 5.82 Å². The van der Waals surface area contributed by atoms with Crippen LogP contribution in [0.5, 0.6) is 0 Å². The number of pyridine rings is 1. The van der Waals surface area contributed by atoms with Crippen LogP contribution in [-0.2, 0) is 6.67 Å².